The van der Waals surface area contributed by atoms with E-state index in [2.05, 4.69) is 98.7 Å². The zero-order valence-corrected chi connectivity index (χ0v) is 12.8. The van der Waals surface area contributed by atoms with Gasteiger partial charge in [-0.1, -0.05) is 60.7 Å². The Morgan fingerprint density at radius 2 is 0.850 bits per heavy atom. The van der Waals surface area contributed by atoms with Crippen LogP contribution in [0, 0.1) is 0 Å². The third kappa shape index (κ3) is 3.27. The quantitative estimate of drug-likeness (QED) is 0.817. The van der Waals surface area contributed by atoms with Gasteiger partial charge in [0.25, 0.3) is 0 Å². The van der Waals surface area contributed by atoms with Gasteiger partial charge < -0.3 is 9.80 Å². The molecule has 2 aromatic rings. The van der Waals surface area contributed by atoms with Crippen molar-refractivity contribution < 1.29 is 0 Å². The summed E-state index contributed by atoms with van der Waals surface area (Å²) in [6, 6.07) is 22.1. The minimum atomic E-state index is 0.327. The van der Waals surface area contributed by atoms with Crippen molar-refractivity contribution in [3.05, 3.63) is 71.8 Å². The van der Waals surface area contributed by atoms with Crippen LogP contribution in [0.5, 0.6) is 0 Å². The lowest BCUT2D eigenvalue weighted by Gasteiger charge is -2.37. The van der Waals surface area contributed by atoms with Crippen LogP contribution < -0.4 is 0 Å². The molecule has 0 aliphatic rings. The van der Waals surface area contributed by atoms with Gasteiger partial charge in [0.1, 0.15) is 0 Å². The summed E-state index contributed by atoms with van der Waals surface area (Å²) in [4.78, 5) is 4.60. The highest BCUT2D eigenvalue weighted by atomic mass is 15.2. The summed E-state index contributed by atoms with van der Waals surface area (Å²) in [6.07, 6.45) is 0. The SMILES string of the molecule is CN(C)[C@@H](c1ccccc1)[C@H](c1ccccc1)N(C)C. The molecule has 0 heterocycles. The van der Waals surface area contributed by atoms with Crippen molar-refractivity contribution in [3.63, 3.8) is 0 Å². The van der Waals surface area contributed by atoms with E-state index in [0.717, 1.165) is 0 Å². The molecule has 2 aromatic carbocycles. The van der Waals surface area contributed by atoms with Crippen molar-refractivity contribution in [1.29, 1.82) is 0 Å². The zero-order chi connectivity index (χ0) is 14.5. The molecule has 2 heteroatoms. The van der Waals surface area contributed by atoms with E-state index in [1.807, 2.05) is 0 Å². The van der Waals surface area contributed by atoms with Crippen LogP contribution in [0.15, 0.2) is 60.7 Å². The number of nitrogens with zero attached hydrogens (tertiary/aromatic N) is 2. The van der Waals surface area contributed by atoms with Gasteiger partial charge in [-0.25, -0.2) is 0 Å². The van der Waals surface area contributed by atoms with E-state index in [1.165, 1.54) is 11.1 Å². The molecule has 20 heavy (non-hydrogen) atoms. The molecule has 0 bridgehead atoms. The third-order valence-corrected chi connectivity index (χ3v) is 3.69. The molecule has 2 atom stereocenters. The molecule has 2 rings (SSSR count). The Balaban J connectivity index is 2.44. The average Bonchev–Trinajstić information content (AvgIpc) is 2.45. The van der Waals surface area contributed by atoms with Crippen molar-refractivity contribution in [2.45, 2.75) is 12.1 Å². The Kier molecular flexibility index (Phi) is 4.94. The van der Waals surface area contributed by atoms with Crippen LogP contribution >= 0.6 is 0 Å². The predicted octanol–water partition coefficient (Wildman–Crippen LogP) is 3.59. The van der Waals surface area contributed by atoms with Crippen molar-refractivity contribution in [3.8, 4) is 0 Å². The molecular formula is C18H24N2. The molecule has 106 valence electrons. The lowest BCUT2D eigenvalue weighted by Crippen LogP contribution is -2.34. The second kappa shape index (κ2) is 6.69. The molecule has 0 aliphatic carbocycles. The molecular weight excluding hydrogens is 244 g/mol. The number of hydrogen-bond donors (Lipinski definition) is 0. The van der Waals surface area contributed by atoms with Crippen LogP contribution in [0.4, 0.5) is 0 Å². The maximum Gasteiger partial charge on any atom is 0.0540 e. The smallest absolute Gasteiger partial charge is 0.0540 e. The second-order valence-electron chi connectivity index (χ2n) is 5.64. The van der Waals surface area contributed by atoms with Crippen LogP contribution in [-0.4, -0.2) is 38.0 Å². The molecule has 2 nitrogen and oxygen atoms in total. The molecule has 0 saturated heterocycles. The van der Waals surface area contributed by atoms with Crippen LogP contribution in [0.1, 0.15) is 23.2 Å². The fourth-order valence-electron chi connectivity index (χ4n) is 2.83. The summed E-state index contributed by atoms with van der Waals surface area (Å²) in [7, 11) is 8.60. The van der Waals surface area contributed by atoms with E-state index in [1.54, 1.807) is 0 Å². The fraction of sp³-hybridized carbons (Fsp3) is 0.333. The van der Waals surface area contributed by atoms with Gasteiger partial charge in [0.2, 0.25) is 0 Å². The van der Waals surface area contributed by atoms with Crippen LogP contribution in [0.3, 0.4) is 0 Å². The number of hydrogen-bond acceptors (Lipinski definition) is 2. The Labute approximate surface area is 122 Å². The highest BCUT2D eigenvalue weighted by Gasteiger charge is 2.28. The standard InChI is InChI=1S/C18H24N2/c1-19(2)17(15-11-7-5-8-12-15)18(20(3)4)16-13-9-6-10-14-16/h5-14,17-18H,1-4H3/t17-,18-/m0/s1. The molecule has 0 spiro atoms. The molecule has 0 saturated carbocycles. The van der Waals surface area contributed by atoms with Crippen LogP contribution in [-0.2, 0) is 0 Å². The van der Waals surface area contributed by atoms with E-state index in [4.69, 9.17) is 0 Å². The zero-order valence-electron chi connectivity index (χ0n) is 12.8. The van der Waals surface area contributed by atoms with Crippen molar-refractivity contribution in [1.82, 2.24) is 9.80 Å². The van der Waals surface area contributed by atoms with E-state index < -0.39 is 0 Å². The van der Waals surface area contributed by atoms with Crippen molar-refractivity contribution in [2.75, 3.05) is 28.2 Å². The fourth-order valence-corrected chi connectivity index (χ4v) is 2.83. The van der Waals surface area contributed by atoms with E-state index in [9.17, 15) is 0 Å². The molecule has 0 amide bonds. The lowest BCUT2D eigenvalue weighted by molar-refractivity contribution is 0.152. The number of likely N-dealkylation sites (N-methyl/N-ethyl adjacent to an activating group) is 2. The first-order chi connectivity index (χ1) is 9.61. The molecule has 0 N–H and O–H groups in total. The first kappa shape index (κ1) is 14.8. The predicted molar refractivity (Wildman–Crippen MR) is 85.7 cm³/mol. The van der Waals surface area contributed by atoms with E-state index in [0.29, 0.717) is 12.1 Å². The topological polar surface area (TPSA) is 6.48 Å². The van der Waals surface area contributed by atoms with Gasteiger partial charge in [-0.05, 0) is 39.3 Å². The molecule has 0 aliphatic heterocycles. The van der Waals surface area contributed by atoms with Crippen molar-refractivity contribution >= 4 is 0 Å². The van der Waals surface area contributed by atoms with Gasteiger partial charge in [0.15, 0.2) is 0 Å². The van der Waals surface area contributed by atoms with Crippen LogP contribution in [0.25, 0.3) is 0 Å². The summed E-state index contributed by atoms with van der Waals surface area (Å²) in [6.45, 7) is 0. The van der Waals surface area contributed by atoms with Gasteiger partial charge in [0, 0.05) is 0 Å². The Morgan fingerprint density at radius 1 is 0.550 bits per heavy atom. The van der Waals surface area contributed by atoms with Crippen LogP contribution in [0.2, 0.25) is 0 Å². The van der Waals surface area contributed by atoms with Gasteiger partial charge in [0.05, 0.1) is 12.1 Å². The molecule has 0 aromatic heterocycles. The monoisotopic (exact) mass is 268 g/mol. The number of benzene rings is 2. The maximum absolute atomic E-state index is 2.30. The largest absolute Gasteiger partial charge is 0.301 e. The van der Waals surface area contributed by atoms with Gasteiger partial charge in [-0.15, -0.1) is 0 Å². The summed E-state index contributed by atoms with van der Waals surface area (Å²) < 4.78 is 0. The maximum atomic E-state index is 2.30. The summed E-state index contributed by atoms with van der Waals surface area (Å²) >= 11 is 0. The lowest BCUT2D eigenvalue weighted by atomic mass is 9.92. The molecule has 0 radical (unpaired) electrons. The third-order valence-electron chi connectivity index (χ3n) is 3.69. The minimum Gasteiger partial charge on any atom is -0.301 e. The second-order valence-corrected chi connectivity index (χ2v) is 5.64. The number of rotatable bonds is 5. The molecule has 0 unspecified atom stereocenters. The molecule has 0 fully saturated rings. The van der Waals surface area contributed by atoms with Gasteiger partial charge in [-0.3, -0.25) is 0 Å². The van der Waals surface area contributed by atoms with E-state index >= 15 is 0 Å². The first-order valence-electron chi connectivity index (χ1n) is 7.04. The average molecular weight is 268 g/mol. The van der Waals surface area contributed by atoms with Gasteiger partial charge in [-0.2, -0.15) is 0 Å². The Hall–Kier alpha value is -1.64. The summed E-state index contributed by atoms with van der Waals surface area (Å²) in [5, 5.41) is 0. The van der Waals surface area contributed by atoms with E-state index in [-0.39, 0.29) is 0 Å². The highest BCUT2D eigenvalue weighted by molar-refractivity contribution is 5.27. The Bertz CT molecular complexity index is 456. The highest BCUT2D eigenvalue weighted by Crippen LogP contribution is 2.35. The summed E-state index contributed by atoms with van der Waals surface area (Å²) in [5.74, 6) is 0. The Morgan fingerprint density at radius 3 is 1.10 bits per heavy atom. The van der Waals surface area contributed by atoms with Crippen molar-refractivity contribution in [2.24, 2.45) is 0 Å². The van der Waals surface area contributed by atoms with Gasteiger partial charge >= 0.3 is 0 Å². The normalized spacial score (nSPS) is 14.5. The minimum absolute atomic E-state index is 0.327. The summed E-state index contributed by atoms with van der Waals surface area (Å²) in [5.41, 5.74) is 2.69. The first-order valence-corrected chi connectivity index (χ1v) is 7.04.